The third-order valence-corrected chi connectivity index (χ3v) is 4.16. The maximum absolute atomic E-state index is 12.5. The van der Waals surface area contributed by atoms with E-state index in [4.69, 9.17) is 16.9 Å². The fourth-order valence-corrected chi connectivity index (χ4v) is 2.81. The summed E-state index contributed by atoms with van der Waals surface area (Å²) in [6, 6.07) is 8.88. The van der Waals surface area contributed by atoms with Crippen LogP contribution in [0.4, 0.5) is 0 Å². The third kappa shape index (κ3) is 2.59. The number of fused-ring (bicyclic) bond motifs is 1. The summed E-state index contributed by atoms with van der Waals surface area (Å²) in [6.45, 7) is 2.17. The number of aryl methyl sites for hydroxylation is 1. The summed E-state index contributed by atoms with van der Waals surface area (Å²) >= 11 is 6.17. The summed E-state index contributed by atoms with van der Waals surface area (Å²) in [6.07, 6.45) is 2.92. The Morgan fingerprint density at radius 3 is 2.79 bits per heavy atom. The van der Waals surface area contributed by atoms with Gasteiger partial charge in [-0.25, -0.2) is 4.79 Å². The molecule has 0 saturated heterocycles. The summed E-state index contributed by atoms with van der Waals surface area (Å²) in [5.74, 6) is 0. The molecule has 0 atom stereocenters. The van der Waals surface area contributed by atoms with Gasteiger partial charge < -0.3 is 0 Å². The fourth-order valence-electron chi connectivity index (χ4n) is 2.59. The van der Waals surface area contributed by atoms with Crippen molar-refractivity contribution in [1.82, 2.24) is 14.1 Å². The van der Waals surface area contributed by atoms with Crippen molar-refractivity contribution >= 4 is 22.5 Å². The van der Waals surface area contributed by atoms with E-state index < -0.39 is 11.2 Å². The van der Waals surface area contributed by atoms with Crippen molar-refractivity contribution in [2.75, 3.05) is 0 Å². The summed E-state index contributed by atoms with van der Waals surface area (Å²) in [4.78, 5) is 29.2. The lowest BCUT2D eigenvalue weighted by Gasteiger charge is -2.11. The Balaban J connectivity index is 2.24. The molecular weight excluding hydrogens is 328 g/mol. The van der Waals surface area contributed by atoms with E-state index in [1.54, 1.807) is 31.3 Å². The third-order valence-electron chi connectivity index (χ3n) is 3.83. The monoisotopic (exact) mass is 340 g/mol. The van der Waals surface area contributed by atoms with E-state index in [1.165, 1.54) is 10.8 Å². The molecule has 0 saturated carbocycles. The second-order valence-electron chi connectivity index (χ2n) is 5.22. The molecule has 0 amide bonds. The van der Waals surface area contributed by atoms with Crippen LogP contribution in [0.5, 0.6) is 0 Å². The average Bonchev–Trinajstić information content (AvgIpc) is 2.61. The molecule has 0 aliphatic heterocycles. The minimum absolute atomic E-state index is 0.0257. The predicted molar refractivity (Wildman–Crippen MR) is 91.2 cm³/mol. The van der Waals surface area contributed by atoms with Crippen molar-refractivity contribution in [2.24, 2.45) is 0 Å². The van der Waals surface area contributed by atoms with E-state index in [1.807, 2.05) is 12.1 Å². The molecule has 120 valence electrons. The quantitative estimate of drug-likeness (QED) is 0.731. The molecule has 1 aromatic carbocycles. The van der Waals surface area contributed by atoms with Gasteiger partial charge in [0.15, 0.2) is 0 Å². The van der Waals surface area contributed by atoms with Crippen LogP contribution in [0.3, 0.4) is 0 Å². The molecule has 6 nitrogen and oxygen atoms in total. The largest absolute Gasteiger partial charge is 0.331 e. The predicted octanol–water partition coefficient (Wildman–Crippen LogP) is 2.15. The Labute approximate surface area is 142 Å². The molecule has 0 aliphatic carbocycles. The van der Waals surface area contributed by atoms with Crippen molar-refractivity contribution in [3.8, 4) is 6.07 Å². The molecule has 0 aliphatic rings. The molecule has 2 heterocycles. The second-order valence-corrected chi connectivity index (χ2v) is 5.63. The normalized spacial score (nSPS) is 10.7. The fraction of sp³-hybridized carbons (Fsp3) is 0.176. The van der Waals surface area contributed by atoms with Crippen molar-refractivity contribution in [3.63, 3.8) is 0 Å². The Morgan fingerprint density at radius 2 is 2.08 bits per heavy atom. The van der Waals surface area contributed by atoms with Gasteiger partial charge in [0.05, 0.1) is 12.1 Å². The Kier molecular flexibility index (Phi) is 4.19. The lowest BCUT2D eigenvalue weighted by molar-refractivity contribution is 0.598. The van der Waals surface area contributed by atoms with E-state index in [-0.39, 0.29) is 12.1 Å². The van der Waals surface area contributed by atoms with E-state index in [0.717, 1.165) is 9.95 Å². The molecule has 3 rings (SSSR count). The smallest absolute Gasteiger partial charge is 0.299 e. The standard InChI is InChI=1S/C17H13ClN4O2/c1-2-21-9-12(8-19)16(23)22(17(21)24)10-11-5-6-14(18)13-4-3-7-20-15(11)13/h3-7,9H,2,10H2,1H3. The van der Waals surface area contributed by atoms with E-state index in [2.05, 4.69) is 4.98 Å². The molecule has 3 aromatic rings. The molecule has 2 aromatic heterocycles. The zero-order valence-corrected chi connectivity index (χ0v) is 13.6. The van der Waals surface area contributed by atoms with Crippen LogP contribution in [-0.4, -0.2) is 14.1 Å². The maximum atomic E-state index is 12.5. The Bertz CT molecular complexity index is 1090. The van der Waals surface area contributed by atoms with Crippen molar-refractivity contribution in [3.05, 3.63) is 73.6 Å². The first-order chi connectivity index (χ1) is 11.6. The maximum Gasteiger partial charge on any atom is 0.331 e. The van der Waals surface area contributed by atoms with Crippen LogP contribution in [0.15, 0.2) is 46.2 Å². The Morgan fingerprint density at radius 1 is 1.29 bits per heavy atom. The summed E-state index contributed by atoms with van der Waals surface area (Å²) in [7, 11) is 0. The number of pyridine rings is 1. The van der Waals surface area contributed by atoms with Gasteiger partial charge >= 0.3 is 5.69 Å². The number of benzene rings is 1. The van der Waals surface area contributed by atoms with Gasteiger partial charge in [0.2, 0.25) is 0 Å². The molecule has 24 heavy (non-hydrogen) atoms. The van der Waals surface area contributed by atoms with Gasteiger partial charge in [0, 0.05) is 29.3 Å². The van der Waals surface area contributed by atoms with Crippen LogP contribution in [0.25, 0.3) is 10.9 Å². The minimum atomic E-state index is -0.605. The summed E-state index contributed by atoms with van der Waals surface area (Å²) in [5, 5.41) is 10.4. The second kappa shape index (κ2) is 6.30. The van der Waals surface area contributed by atoms with Crippen molar-refractivity contribution in [2.45, 2.75) is 20.0 Å². The van der Waals surface area contributed by atoms with Crippen LogP contribution in [0.2, 0.25) is 5.02 Å². The molecule has 0 bridgehead atoms. The van der Waals surface area contributed by atoms with Gasteiger partial charge in [-0.15, -0.1) is 0 Å². The first-order valence-electron chi connectivity index (χ1n) is 7.33. The number of hydrogen-bond acceptors (Lipinski definition) is 4. The van der Waals surface area contributed by atoms with Gasteiger partial charge in [-0.3, -0.25) is 18.9 Å². The lowest BCUT2D eigenvalue weighted by atomic mass is 10.1. The van der Waals surface area contributed by atoms with E-state index >= 15 is 0 Å². The first kappa shape index (κ1) is 16.0. The van der Waals surface area contributed by atoms with E-state index in [0.29, 0.717) is 22.6 Å². The van der Waals surface area contributed by atoms with Gasteiger partial charge in [-0.05, 0) is 30.7 Å². The number of nitrogens with zero attached hydrogens (tertiary/aromatic N) is 4. The molecule has 7 heteroatoms. The molecule has 0 spiro atoms. The van der Waals surface area contributed by atoms with E-state index in [9.17, 15) is 9.59 Å². The highest BCUT2D eigenvalue weighted by Gasteiger charge is 2.13. The lowest BCUT2D eigenvalue weighted by Crippen LogP contribution is -2.41. The number of rotatable bonds is 3. The highest BCUT2D eigenvalue weighted by atomic mass is 35.5. The van der Waals surface area contributed by atoms with Crippen LogP contribution in [-0.2, 0) is 13.1 Å². The summed E-state index contributed by atoms with van der Waals surface area (Å²) in [5.41, 5.74) is 0.183. The zero-order chi connectivity index (χ0) is 17.3. The van der Waals surface area contributed by atoms with Gasteiger partial charge in [0.25, 0.3) is 5.56 Å². The van der Waals surface area contributed by atoms with Crippen LogP contribution in [0, 0.1) is 11.3 Å². The van der Waals surface area contributed by atoms with Crippen molar-refractivity contribution in [1.29, 1.82) is 5.26 Å². The number of halogens is 1. The van der Waals surface area contributed by atoms with Crippen LogP contribution in [0.1, 0.15) is 18.1 Å². The first-order valence-corrected chi connectivity index (χ1v) is 7.71. The van der Waals surface area contributed by atoms with Crippen LogP contribution >= 0.6 is 11.6 Å². The molecule has 0 fully saturated rings. The molecular formula is C17H13ClN4O2. The van der Waals surface area contributed by atoms with Gasteiger partial charge in [-0.2, -0.15) is 5.26 Å². The van der Waals surface area contributed by atoms with Gasteiger partial charge in [0.1, 0.15) is 11.6 Å². The number of nitriles is 1. The SMILES string of the molecule is CCn1cc(C#N)c(=O)n(Cc2ccc(Cl)c3cccnc23)c1=O. The number of hydrogen-bond donors (Lipinski definition) is 0. The zero-order valence-electron chi connectivity index (χ0n) is 12.9. The molecule has 0 N–H and O–H groups in total. The summed E-state index contributed by atoms with van der Waals surface area (Å²) < 4.78 is 2.39. The highest BCUT2D eigenvalue weighted by Crippen LogP contribution is 2.24. The average molecular weight is 341 g/mol. The van der Waals surface area contributed by atoms with Crippen molar-refractivity contribution < 1.29 is 0 Å². The van der Waals surface area contributed by atoms with Gasteiger partial charge in [-0.1, -0.05) is 17.7 Å². The minimum Gasteiger partial charge on any atom is -0.299 e. The highest BCUT2D eigenvalue weighted by molar-refractivity contribution is 6.35. The molecule has 0 radical (unpaired) electrons. The topological polar surface area (TPSA) is 80.7 Å². The van der Waals surface area contributed by atoms with Crippen LogP contribution < -0.4 is 11.2 Å². The number of aromatic nitrogens is 3. The Hall–Kier alpha value is -2.91. The molecule has 0 unspecified atom stereocenters.